The van der Waals surface area contributed by atoms with E-state index in [1.807, 2.05) is 0 Å². The van der Waals surface area contributed by atoms with Crippen molar-refractivity contribution in [3.63, 3.8) is 0 Å². The van der Waals surface area contributed by atoms with Gasteiger partial charge in [0.05, 0.1) is 22.6 Å². The number of rotatable bonds is 8. The average molecular weight is 510 g/mol. The minimum absolute atomic E-state index is 0.0279. The van der Waals surface area contributed by atoms with Gasteiger partial charge < -0.3 is 10.4 Å². The molecule has 2 atom stereocenters. The van der Waals surface area contributed by atoms with Crippen molar-refractivity contribution >= 4 is 16.9 Å². The molecule has 0 saturated carbocycles. The lowest BCUT2D eigenvalue weighted by molar-refractivity contribution is -0.141. The molecule has 3 N–H and O–H groups in total. The van der Waals surface area contributed by atoms with Crippen molar-refractivity contribution in [3.8, 4) is 17.0 Å². The van der Waals surface area contributed by atoms with Crippen LogP contribution in [0, 0.1) is 5.82 Å². The Kier molecular flexibility index (Phi) is 8.23. The third-order valence-electron chi connectivity index (χ3n) is 5.28. The van der Waals surface area contributed by atoms with Crippen LogP contribution < -0.4 is 10.0 Å². The van der Waals surface area contributed by atoms with E-state index in [9.17, 15) is 31.7 Å². The second-order valence-electron chi connectivity index (χ2n) is 7.82. The number of hydrogen-bond donors (Lipinski definition) is 3. The summed E-state index contributed by atoms with van der Waals surface area (Å²) in [5.74, 6) is -1.92. The molecule has 0 saturated heterocycles. The van der Waals surface area contributed by atoms with Crippen LogP contribution in [0.5, 0.6) is 5.75 Å². The zero-order chi connectivity index (χ0) is 25.8. The van der Waals surface area contributed by atoms with Crippen molar-refractivity contribution in [2.75, 3.05) is 6.26 Å². The van der Waals surface area contributed by atoms with Gasteiger partial charge in [0.1, 0.15) is 17.3 Å². The van der Waals surface area contributed by atoms with Crippen LogP contribution in [0.2, 0.25) is 0 Å². The van der Waals surface area contributed by atoms with E-state index in [4.69, 9.17) is 0 Å². The van der Waals surface area contributed by atoms with E-state index in [1.165, 1.54) is 48.7 Å². The zero-order valence-corrected chi connectivity index (χ0v) is 19.6. The Balaban J connectivity index is 1.79. The van der Waals surface area contributed by atoms with E-state index in [-0.39, 0.29) is 30.1 Å². The first kappa shape index (κ1) is 26.3. The topological polar surface area (TPSA) is 91.3 Å². The SMILES string of the molecule is CC(C(=O)NCc1ccc(C(F)(F)F)nc1-c1cccc(O)c1)c1ccc(CNS(C)=O)c(F)c1. The van der Waals surface area contributed by atoms with Crippen LogP contribution in [0.3, 0.4) is 0 Å². The first-order chi connectivity index (χ1) is 16.5. The van der Waals surface area contributed by atoms with Gasteiger partial charge in [-0.2, -0.15) is 13.2 Å². The molecular formula is C24H23F4N3O3S. The highest BCUT2D eigenvalue weighted by molar-refractivity contribution is 7.82. The lowest BCUT2D eigenvalue weighted by Gasteiger charge is -2.16. The van der Waals surface area contributed by atoms with Gasteiger partial charge in [-0.15, -0.1) is 0 Å². The van der Waals surface area contributed by atoms with E-state index >= 15 is 0 Å². The molecule has 0 aliphatic carbocycles. The first-order valence-electron chi connectivity index (χ1n) is 10.4. The predicted molar refractivity (Wildman–Crippen MR) is 124 cm³/mol. The summed E-state index contributed by atoms with van der Waals surface area (Å²) in [5.41, 5.74) is 0.136. The number of phenolic OH excluding ortho intramolecular Hbond substituents is 1. The maximum absolute atomic E-state index is 14.4. The number of nitrogens with zero attached hydrogens (tertiary/aromatic N) is 1. The van der Waals surface area contributed by atoms with Gasteiger partial charge in [-0.3, -0.25) is 4.79 Å². The number of alkyl halides is 3. The number of pyridine rings is 1. The highest BCUT2D eigenvalue weighted by Gasteiger charge is 2.33. The number of amides is 1. The van der Waals surface area contributed by atoms with Gasteiger partial charge in [-0.05, 0) is 42.3 Å². The van der Waals surface area contributed by atoms with Gasteiger partial charge in [0.25, 0.3) is 0 Å². The minimum atomic E-state index is -4.67. The second-order valence-corrected chi connectivity index (χ2v) is 9.01. The largest absolute Gasteiger partial charge is 0.508 e. The summed E-state index contributed by atoms with van der Waals surface area (Å²) in [6.07, 6.45) is -3.24. The molecule has 2 unspecified atom stereocenters. The molecular weight excluding hydrogens is 486 g/mol. The van der Waals surface area contributed by atoms with Crippen molar-refractivity contribution in [3.05, 3.63) is 82.8 Å². The lowest BCUT2D eigenvalue weighted by atomic mass is 9.98. The number of carbonyl (C=O) groups excluding carboxylic acids is 1. The van der Waals surface area contributed by atoms with Crippen LogP contribution in [-0.4, -0.2) is 26.5 Å². The number of aromatic hydroxyl groups is 1. The summed E-state index contributed by atoms with van der Waals surface area (Å²) in [5, 5.41) is 12.4. The van der Waals surface area contributed by atoms with Crippen LogP contribution in [0.4, 0.5) is 17.6 Å². The molecule has 0 bridgehead atoms. The van der Waals surface area contributed by atoms with Gasteiger partial charge >= 0.3 is 6.18 Å². The molecule has 35 heavy (non-hydrogen) atoms. The molecule has 0 fully saturated rings. The predicted octanol–water partition coefficient (Wildman–Crippen LogP) is 4.42. The minimum Gasteiger partial charge on any atom is -0.508 e. The van der Waals surface area contributed by atoms with Gasteiger partial charge in [0, 0.05) is 30.5 Å². The molecule has 0 radical (unpaired) electrons. The van der Waals surface area contributed by atoms with E-state index in [1.54, 1.807) is 13.0 Å². The van der Waals surface area contributed by atoms with Gasteiger partial charge in [0.2, 0.25) is 5.91 Å². The summed E-state index contributed by atoms with van der Waals surface area (Å²) in [4.78, 5) is 16.5. The van der Waals surface area contributed by atoms with Crippen LogP contribution in [0.25, 0.3) is 11.3 Å². The second kappa shape index (κ2) is 11.0. The highest BCUT2D eigenvalue weighted by Crippen LogP contribution is 2.32. The molecule has 1 heterocycles. The number of nitrogens with one attached hydrogen (secondary N) is 2. The molecule has 11 heteroatoms. The summed E-state index contributed by atoms with van der Waals surface area (Å²) in [7, 11) is -1.30. The van der Waals surface area contributed by atoms with Crippen LogP contribution in [0.1, 0.15) is 35.2 Å². The Morgan fingerprint density at radius 2 is 1.80 bits per heavy atom. The fraction of sp³-hybridized carbons (Fsp3) is 0.250. The number of halogens is 4. The van der Waals surface area contributed by atoms with Crippen molar-refractivity contribution in [2.24, 2.45) is 0 Å². The monoisotopic (exact) mass is 509 g/mol. The lowest BCUT2D eigenvalue weighted by Crippen LogP contribution is -2.28. The van der Waals surface area contributed by atoms with Crippen molar-refractivity contribution in [2.45, 2.75) is 32.1 Å². The molecule has 3 rings (SSSR count). The maximum Gasteiger partial charge on any atom is 0.433 e. The van der Waals surface area contributed by atoms with Crippen molar-refractivity contribution < 1.29 is 31.7 Å². The fourth-order valence-electron chi connectivity index (χ4n) is 3.33. The molecule has 186 valence electrons. The highest BCUT2D eigenvalue weighted by atomic mass is 32.2. The summed E-state index contributed by atoms with van der Waals surface area (Å²) in [6.45, 7) is 1.50. The summed E-state index contributed by atoms with van der Waals surface area (Å²) >= 11 is 0. The molecule has 0 spiro atoms. The molecule has 1 aromatic heterocycles. The Hall–Kier alpha value is -3.31. The number of carbonyl (C=O) groups is 1. The molecule has 3 aromatic rings. The van der Waals surface area contributed by atoms with Crippen LogP contribution >= 0.6 is 0 Å². The van der Waals surface area contributed by atoms with Gasteiger partial charge in [-0.25, -0.2) is 18.3 Å². The van der Waals surface area contributed by atoms with Gasteiger partial charge in [-0.1, -0.05) is 30.3 Å². The van der Waals surface area contributed by atoms with E-state index in [0.29, 0.717) is 16.7 Å². The van der Waals surface area contributed by atoms with Crippen molar-refractivity contribution in [1.29, 1.82) is 0 Å². The number of aromatic nitrogens is 1. The van der Waals surface area contributed by atoms with E-state index < -0.39 is 40.5 Å². The summed E-state index contributed by atoms with van der Waals surface area (Å²) < 4.78 is 67.8. The quantitative estimate of drug-likeness (QED) is 0.392. The van der Waals surface area contributed by atoms with Crippen molar-refractivity contribution in [1.82, 2.24) is 15.0 Å². The zero-order valence-electron chi connectivity index (χ0n) is 18.8. The Bertz CT molecular complexity index is 1250. The normalized spacial score (nSPS) is 13.3. The van der Waals surface area contributed by atoms with Gasteiger partial charge in [0.15, 0.2) is 0 Å². The fourth-order valence-corrected chi connectivity index (χ4v) is 3.69. The average Bonchev–Trinajstić information content (AvgIpc) is 2.80. The summed E-state index contributed by atoms with van der Waals surface area (Å²) in [6, 6.07) is 12.0. The van der Waals surface area contributed by atoms with E-state index in [0.717, 1.165) is 6.07 Å². The van der Waals surface area contributed by atoms with E-state index in [2.05, 4.69) is 15.0 Å². The number of phenols is 1. The maximum atomic E-state index is 14.4. The van der Waals surface area contributed by atoms with Crippen LogP contribution in [0.15, 0.2) is 54.6 Å². The molecule has 1 amide bonds. The third-order valence-corrected chi connectivity index (χ3v) is 5.83. The smallest absolute Gasteiger partial charge is 0.433 e. The Morgan fingerprint density at radius 1 is 1.09 bits per heavy atom. The molecule has 2 aromatic carbocycles. The number of hydrogen-bond acceptors (Lipinski definition) is 4. The van der Waals surface area contributed by atoms with Crippen LogP contribution in [-0.2, 0) is 35.0 Å². The number of benzene rings is 2. The first-order valence-corrected chi connectivity index (χ1v) is 12.0. The Morgan fingerprint density at radius 3 is 2.43 bits per heavy atom. The third kappa shape index (κ3) is 6.86. The Labute approximate surface area is 202 Å². The standard InChI is InChI=1S/C24H23F4N3O3S/c1-14(15-6-7-17(20(25)11-15)13-30-35(2)34)23(33)29-12-18-8-9-21(24(26,27)28)31-22(18)16-4-3-5-19(32)10-16/h3-11,14,30,32H,12-13H2,1-2H3,(H,29,33). The molecule has 0 aliphatic rings. The molecule has 0 aliphatic heterocycles. The molecule has 6 nitrogen and oxygen atoms in total.